The van der Waals surface area contributed by atoms with Crippen molar-refractivity contribution in [3.63, 3.8) is 0 Å². The van der Waals surface area contributed by atoms with E-state index in [-0.39, 0.29) is 0 Å². The van der Waals surface area contributed by atoms with Crippen LogP contribution in [0.25, 0.3) is 5.57 Å². The minimum absolute atomic E-state index is 0.676. The average molecular weight is 249 g/mol. The molecule has 19 heavy (non-hydrogen) atoms. The van der Waals surface area contributed by atoms with Crippen LogP contribution in [-0.2, 0) is 9.53 Å². The van der Waals surface area contributed by atoms with Crippen LogP contribution in [0.2, 0.25) is 0 Å². The maximum absolute atomic E-state index is 11.5. The Balaban J connectivity index is 2.46. The Labute approximate surface area is 111 Å². The molecule has 0 N–H and O–H groups in total. The molecule has 0 aromatic heterocycles. The van der Waals surface area contributed by atoms with Crippen LogP contribution in [0, 0.1) is 11.5 Å². The Kier molecular flexibility index (Phi) is 4.09. The first kappa shape index (κ1) is 12.6. The molecular formula is C16H11NO2. The molecule has 0 fully saturated rings. The number of ether oxygens (including phenoxy) is 1. The highest BCUT2D eigenvalue weighted by molar-refractivity contribution is 5.96. The Morgan fingerprint density at radius 3 is 1.84 bits per heavy atom. The molecule has 0 unspecified atom stereocenters. The number of carbonyl (C=O) groups is 1. The number of hydrogen-bond acceptors (Lipinski definition) is 3. The smallest absolute Gasteiger partial charge is 0.346 e. The van der Waals surface area contributed by atoms with Crippen molar-refractivity contribution in [2.24, 2.45) is 0 Å². The van der Waals surface area contributed by atoms with Gasteiger partial charge in [-0.2, -0.15) is 0 Å². The van der Waals surface area contributed by atoms with E-state index in [1.165, 1.54) is 12.3 Å². The highest BCUT2D eigenvalue weighted by atomic mass is 16.5. The Morgan fingerprint density at radius 2 is 1.42 bits per heavy atom. The van der Waals surface area contributed by atoms with Crippen LogP contribution in [-0.4, -0.2) is 5.97 Å². The van der Waals surface area contributed by atoms with Crippen LogP contribution in [0.4, 0.5) is 0 Å². The quantitative estimate of drug-likeness (QED) is 0.477. The summed E-state index contributed by atoms with van der Waals surface area (Å²) in [6.07, 6.45) is 2.71. The Bertz CT molecular complexity index is 583. The van der Waals surface area contributed by atoms with E-state index in [1.54, 1.807) is 0 Å². The van der Waals surface area contributed by atoms with Gasteiger partial charge in [0, 0.05) is 6.08 Å². The molecule has 2 aromatic rings. The number of hydrogen-bond donors (Lipinski definition) is 0. The molecule has 3 heteroatoms. The SMILES string of the molecule is N#COC(=O)C=C(c1ccccc1)c1ccccc1. The van der Waals surface area contributed by atoms with Gasteiger partial charge >= 0.3 is 5.97 Å². The zero-order chi connectivity index (χ0) is 13.5. The van der Waals surface area contributed by atoms with Gasteiger partial charge in [0.15, 0.2) is 0 Å². The maximum Gasteiger partial charge on any atom is 0.346 e. The molecule has 0 amide bonds. The number of carbonyl (C=O) groups excluding carboxylic acids is 1. The predicted octanol–water partition coefficient (Wildman–Crippen LogP) is 3.14. The summed E-state index contributed by atoms with van der Waals surface area (Å²) in [6, 6.07) is 19.0. The van der Waals surface area contributed by atoms with Gasteiger partial charge in [0.25, 0.3) is 6.26 Å². The molecule has 3 nitrogen and oxygen atoms in total. The third-order valence-corrected chi connectivity index (χ3v) is 2.58. The summed E-state index contributed by atoms with van der Waals surface area (Å²) in [6.45, 7) is 0. The molecule has 0 saturated heterocycles. The largest absolute Gasteiger partial charge is 0.347 e. The first-order valence-corrected chi connectivity index (χ1v) is 5.73. The fourth-order valence-corrected chi connectivity index (χ4v) is 1.76. The van der Waals surface area contributed by atoms with Crippen molar-refractivity contribution < 1.29 is 9.53 Å². The standard InChI is InChI=1S/C16H11NO2/c17-12-19-16(18)11-15(13-7-3-1-4-8-13)14-9-5-2-6-10-14/h1-11H. The second-order valence-electron chi connectivity index (χ2n) is 3.80. The summed E-state index contributed by atoms with van der Waals surface area (Å²) in [7, 11) is 0. The van der Waals surface area contributed by atoms with E-state index in [9.17, 15) is 4.79 Å². The molecule has 0 heterocycles. The van der Waals surface area contributed by atoms with Gasteiger partial charge in [-0.3, -0.25) is 0 Å². The Hall–Kier alpha value is -2.86. The third-order valence-electron chi connectivity index (χ3n) is 2.58. The fourth-order valence-electron chi connectivity index (χ4n) is 1.76. The van der Waals surface area contributed by atoms with Gasteiger partial charge in [-0.1, -0.05) is 60.7 Å². The van der Waals surface area contributed by atoms with Crippen molar-refractivity contribution in [3.05, 3.63) is 77.9 Å². The summed E-state index contributed by atoms with van der Waals surface area (Å²) >= 11 is 0. The zero-order valence-corrected chi connectivity index (χ0v) is 10.1. The lowest BCUT2D eigenvalue weighted by molar-refractivity contribution is -0.131. The molecule has 0 spiro atoms. The van der Waals surface area contributed by atoms with E-state index in [0.29, 0.717) is 0 Å². The normalized spacial score (nSPS) is 9.21. The van der Waals surface area contributed by atoms with E-state index < -0.39 is 5.97 Å². The van der Waals surface area contributed by atoms with Gasteiger partial charge in [0.2, 0.25) is 0 Å². The van der Waals surface area contributed by atoms with Crippen LogP contribution < -0.4 is 0 Å². The lowest BCUT2D eigenvalue weighted by Crippen LogP contribution is -1.98. The van der Waals surface area contributed by atoms with Crippen LogP contribution in [0.15, 0.2) is 66.7 Å². The van der Waals surface area contributed by atoms with Crippen molar-refractivity contribution in [2.75, 3.05) is 0 Å². The summed E-state index contributed by atoms with van der Waals surface area (Å²) in [5.41, 5.74) is 2.51. The minimum Gasteiger partial charge on any atom is -0.347 e. The van der Waals surface area contributed by atoms with Crippen molar-refractivity contribution in [1.29, 1.82) is 5.26 Å². The van der Waals surface area contributed by atoms with Gasteiger partial charge in [-0.05, 0) is 16.7 Å². The van der Waals surface area contributed by atoms with Crippen molar-refractivity contribution in [3.8, 4) is 6.26 Å². The Morgan fingerprint density at radius 1 is 0.947 bits per heavy atom. The summed E-state index contributed by atoms with van der Waals surface area (Å²) in [5, 5.41) is 8.37. The highest BCUT2D eigenvalue weighted by Crippen LogP contribution is 2.23. The van der Waals surface area contributed by atoms with E-state index in [2.05, 4.69) is 4.74 Å². The second kappa shape index (κ2) is 6.18. The van der Waals surface area contributed by atoms with Crippen LogP contribution in [0.5, 0.6) is 0 Å². The summed E-state index contributed by atoms with van der Waals surface area (Å²) < 4.78 is 4.31. The highest BCUT2D eigenvalue weighted by Gasteiger charge is 2.07. The van der Waals surface area contributed by atoms with Gasteiger partial charge in [-0.15, -0.1) is 5.26 Å². The van der Waals surface area contributed by atoms with Gasteiger partial charge in [-0.25, -0.2) is 4.79 Å². The van der Waals surface area contributed by atoms with Crippen molar-refractivity contribution in [2.45, 2.75) is 0 Å². The second-order valence-corrected chi connectivity index (χ2v) is 3.80. The topological polar surface area (TPSA) is 50.1 Å². The first-order chi connectivity index (χ1) is 9.31. The fraction of sp³-hybridized carbons (Fsp3) is 0. The van der Waals surface area contributed by atoms with Crippen LogP contribution in [0.3, 0.4) is 0 Å². The predicted molar refractivity (Wildman–Crippen MR) is 71.7 cm³/mol. The van der Waals surface area contributed by atoms with E-state index >= 15 is 0 Å². The number of rotatable bonds is 3. The van der Waals surface area contributed by atoms with Crippen LogP contribution in [0.1, 0.15) is 11.1 Å². The van der Waals surface area contributed by atoms with Gasteiger partial charge < -0.3 is 4.74 Å². The minimum atomic E-state index is -0.676. The molecular weight excluding hydrogens is 238 g/mol. The third kappa shape index (κ3) is 3.30. The number of nitrogens with zero attached hydrogens (tertiary/aromatic N) is 1. The van der Waals surface area contributed by atoms with E-state index in [1.807, 2.05) is 60.7 Å². The van der Waals surface area contributed by atoms with E-state index in [0.717, 1.165) is 16.7 Å². The first-order valence-electron chi connectivity index (χ1n) is 5.73. The molecule has 0 bridgehead atoms. The zero-order valence-electron chi connectivity index (χ0n) is 10.1. The average Bonchev–Trinajstić information content (AvgIpc) is 2.47. The maximum atomic E-state index is 11.5. The van der Waals surface area contributed by atoms with Gasteiger partial charge in [0.1, 0.15) is 0 Å². The molecule has 0 aliphatic heterocycles. The lowest BCUT2D eigenvalue weighted by atomic mass is 9.98. The molecule has 0 aliphatic rings. The number of nitriles is 1. The molecule has 2 rings (SSSR count). The van der Waals surface area contributed by atoms with E-state index in [4.69, 9.17) is 5.26 Å². The molecule has 92 valence electrons. The summed E-state index contributed by atoms with van der Waals surface area (Å²) in [4.78, 5) is 11.5. The molecule has 2 aromatic carbocycles. The number of benzene rings is 2. The van der Waals surface area contributed by atoms with Crippen molar-refractivity contribution in [1.82, 2.24) is 0 Å². The molecule has 0 aliphatic carbocycles. The lowest BCUT2D eigenvalue weighted by Gasteiger charge is -2.07. The monoisotopic (exact) mass is 249 g/mol. The molecule has 0 saturated carbocycles. The molecule has 0 atom stereocenters. The molecule has 0 radical (unpaired) electrons. The van der Waals surface area contributed by atoms with Gasteiger partial charge in [0.05, 0.1) is 0 Å². The summed E-state index contributed by atoms with van der Waals surface area (Å²) in [5.74, 6) is -0.676. The number of esters is 1. The van der Waals surface area contributed by atoms with Crippen LogP contribution >= 0.6 is 0 Å². The van der Waals surface area contributed by atoms with Crippen molar-refractivity contribution >= 4 is 11.5 Å².